The largest absolute Gasteiger partial charge is 0.304 e. The number of hydrogen-bond acceptors (Lipinski definition) is 3. The van der Waals surface area contributed by atoms with Crippen molar-refractivity contribution in [2.24, 2.45) is 0 Å². The fourth-order valence-electron chi connectivity index (χ4n) is 2.29. The predicted octanol–water partition coefficient (Wildman–Crippen LogP) is 2.81. The number of carbonyl (C=O) groups is 2. The molecule has 3 nitrogen and oxygen atoms in total. The molecule has 0 aromatic heterocycles. The molecule has 1 aromatic carbocycles. The summed E-state index contributed by atoms with van der Waals surface area (Å²) in [4.78, 5) is 25.3. The first-order valence-electron chi connectivity index (χ1n) is 6.30. The Balaban J connectivity index is 2.23. The van der Waals surface area contributed by atoms with Crippen molar-refractivity contribution in [1.82, 2.24) is 0 Å². The SMILES string of the molecule is CCSCCCN1C(=O)C(=O)c2cc(F)cc(C)c21. The van der Waals surface area contributed by atoms with E-state index < -0.39 is 17.5 Å². The maximum absolute atomic E-state index is 13.3. The van der Waals surface area contributed by atoms with Crippen LogP contribution in [0.25, 0.3) is 0 Å². The summed E-state index contributed by atoms with van der Waals surface area (Å²) in [6.07, 6.45) is 0.827. The quantitative estimate of drug-likeness (QED) is 0.615. The Hall–Kier alpha value is -1.36. The van der Waals surface area contributed by atoms with Crippen molar-refractivity contribution in [3.63, 3.8) is 0 Å². The number of carbonyl (C=O) groups excluding carboxylic acids is 2. The summed E-state index contributed by atoms with van der Waals surface area (Å²) in [5.41, 5.74) is 1.42. The lowest BCUT2D eigenvalue weighted by Gasteiger charge is -2.18. The molecule has 5 heteroatoms. The Morgan fingerprint density at radius 1 is 1.32 bits per heavy atom. The zero-order valence-corrected chi connectivity index (χ0v) is 11.8. The summed E-state index contributed by atoms with van der Waals surface area (Å²) < 4.78 is 13.3. The van der Waals surface area contributed by atoms with E-state index in [1.807, 2.05) is 0 Å². The first-order valence-corrected chi connectivity index (χ1v) is 7.45. The van der Waals surface area contributed by atoms with Gasteiger partial charge in [0.25, 0.3) is 11.7 Å². The zero-order valence-electron chi connectivity index (χ0n) is 11.0. The standard InChI is InChI=1S/C14H16FNO2S/c1-3-19-6-4-5-16-12-9(2)7-10(15)8-11(12)13(17)14(16)18/h7-8H,3-6H2,1-2H3. The molecule has 0 N–H and O–H groups in total. The van der Waals surface area contributed by atoms with Crippen molar-refractivity contribution < 1.29 is 14.0 Å². The van der Waals surface area contributed by atoms with Crippen molar-refractivity contribution >= 4 is 29.1 Å². The normalized spacial score (nSPS) is 14.2. The minimum absolute atomic E-state index is 0.200. The molecule has 1 aliphatic rings. The lowest BCUT2D eigenvalue weighted by Crippen LogP contribution is -2.31. The molecule has 0 aliphatic carbocycles. The average molecular weight is 281 g/mol. The second kappa shape index (κ2) is 5.74. The van der Waals surface area contributed by atoms with E-state index in [1.165, 1.54) is 11.0 Å². The van der Waals surface area contributed by atoms with Crippen LogP contribution in [0.3, 0.4) is 0 Å². The molecule has 0 bridgehead atoms. The summed E-state index contributed by atoms with van der Waals surface area (Å²) in [6.45, 7) is 4.32. The molecule has 0 fully saturated rings. The number of aryl methyl sites for hydroxylation is 1. The molecular formula is C14H16FNO2S. The molecule has 0 unspecified atom stereocenters. The molecule has 2 rings (SSSR count). The van der Waals surface area contributed by atoms with Crippen LogP contribution in [0.2, 0.25) is 0 Å². The monoisotopic (exact) mass is 281 g/mol. The number of fused-ring (bicyclic) bond motifs is 1. The van der Waals surface area contributed by atoms with Gasteiger partial charge in [-0.2, -0.15) is 11.8 Å². The lowest BCUT2D eigenvalue weighted by molar-refractivity contribution is -0.114. The van der Waals surface area contributed by atoms with Gasteiger partial charge in [0.1, 0.15) is 5.82 Å². The van der Waals surface area contributed by atoms with Crippen molar-refractivity contribution in [3.05, 3.63) is 29.1 Å². The lowest BCUT2D eigenvalue weighted by atomic mass is 10.1. The molecule has 0 saturated carbocycles. The van der Waals surface area contributed by atoms with Crippen LogP contribution < -0.4 is 4.90 Å². The number of amides is 1. The number of nitrogens with zero attached hydrogens (tertiary/aromatic N) is 1. The number of anilines is 1. The third kappa shape index (κ3) is 2.66. The molecule has 1 heterocycles. The van der Waals surface area contributed by atoms with Gasteiger partial charge in [0.05, 0.1) is 11.3 Å². The van der Waals surface area contributed by atoms with Crippen LogP contribution in [0.5, 0.6) is 0 Å². The number of Topliss-reactive ketones (excluding diaryl/α,β-unsaturated/α-hetero) is 1. The molecule has 1 amide bonds. The van der Waals surface area contributed by atoms with E-state index in [0.29, 0.717) is 17.8 Å². The van der Waals surface area contributed by atoms with E-state index in [2.05, 4.69) is 6.92 Å². The van der Waals surface area contributed by atoms with E-state index in [4.69, 9.17) is 0 Å². The Morgan fingerprint density at radius 3 is 2.74 bits per heavy atom. The van der Waals surface area contributed by atoms with Crippen LogP contribution in [0.15, 0.2) is 12.1 Å². The van der Waals surface area contributed by atoms with Crippen molar-refractivity contribution in [2.75, 3.05) is 23.0 Å². The van der Waals surface area contributed by atoms with Crippen molar-refractivity contribution in [2.45, 2.75) is 20.3 Å². The van der Waals surface area contributed by atoms with Crippen LogP contribution in [0, 0.1) is 12.7 Å². The second-order valence-corrected chi connectivity index (χ2v) is 5.85. The third-order valence-corrected chi connectivity index (χ3v) is 4.08. The molecular weight excluding hydrogens is 265 g/mol. The highest BCUT2D eigenvalue weighted by Gasteiger charge is 2.36. The van der Waals surface area contributed by atoms with Crippen LogP contribution in [0.4, 0.5) is 10.1 Å². The first kappa shape index (κ1) is 14.1. The van der Waals surface area contributed by atoms with Crippen molar-refractivity contribution in [3.8, 4) is 0 Å². The van der Waals surface area contributed by atoms with Gasteiger partial charge < -0.3 is 4.90 Å². The second-order valence-electron chi connectivity index (χ2n) is 4.46. The van der Waals surface area contributed by atoms with Gasteiger partial charge in [0, 0.05) is 6.54 Å². The van der Waals surface area contributed by atoms with Crippen molar-refractivity contribution in [1.29, 1.82) is 0 Å². The van der Waals surface area contributed by atoms with Gasteiger partial charge in [-0.3, -0.25) is 9.59 Å². The number of hydrogen-bond donors (Lipinski definition) is 0. The van der Waals surface area contributed by atoms with E-state index in [-0.39, 0.29) is 5.56 Å². The van der Waals surface area contributed by atoms with Crippen LogP contribution in [-0.4, -0.2) is 29.7 Å². The zero-order chi connectivity index (χ0) is 14.0. The highest BCUT2D eigenvalue weighted by molar-refractivity contribution is 7.99. The summed E-state index contributed by atoms with van der Waals surface area (Å²) >= 11 is 1.80. The van der Waals surface area contributed by atoms with Gasteiger partial charge in [-0.05, 0) is 42.5 Å². The number of ketones is 1. The van der Waals surface area contributed by atoms with Gasteiger partial charge in [-0.1, -0.05) is 6.92 Å². The Morgan fingerprint density at radius 2 is 2.05 bits per heavy atom. The fraction of sp³-hybridized carbons (Fsp3) is 0.429. The van der Waals surface area contributed by atoms with Crippen LogP contribution >= 0.6 is 11.8 Å². The molecule has 0 spiro atoms. The average Bonchev–Trinajstić information content (AvgIpc) is 2.60. The van der Waals surface area contributed by atoms with Gasteiger partial charge >= 0.3 is 0 Å². The van der Waals surface area contributed by atoms with Gasteiger partial charge in [0.15, 0.2) is 0 Å². The molecule has 1 aliphatic heterocycles. The van der Waals surface area contributed by atoms with Gasteiger partial charge in [0.2, 0.25) is 0 Å². The maximum atomic E-state index is 13.3. The van der Waals surface area contributed by atoms with Gasteiger partial charge in [-0.25, -0.2) is 4.39 Å². The number of thioether (sulfide) groups is 1. The Kier molecular flexibility index (Phi) is 4.24. The Bertz CT molecular complexity index is 530. The highest BCUT2D eigenvalue weighted by Crippen LogP contribution is 2.33. The molecule has 0 saturated heterocycles. The van der Waals surface area contributed by atoms with E-state index in [0.717, 1.165) is 24.0 Å². The van der Waals surface area contributed by atoms with Gasteiger partial charge in [-0.15, -0.1) is 0 Å². The number of benzene rings is 1. The topological polar surface area (TPSA) is 37.4 Å². The summed E-state index contributed by atoms with van der Waals surface area (Å²) in [5, 5.41) is 0. The fourth-order valence-corrected chi connectivity index (χ4v) is 2.91. The number of halogens is 1. The summed E-state index contributed by atoms with van der Waals surface area (Å²) in [6, 6.07) is 2.52. The number of rotatable bonds is 5. The minimum atomic E-state index is -0.597. The molecule has 19 heavy (non-hydrogen) atoms. The minimum Gasteiger partial charge on any atom is -0.304 e. The van der Waals surface area contributed by atoms with Crippen LogP contribution in [0.1, 0.15) is 29.3 Å². The van der Waals surface area contributed by atoms with E-state index in [9.17, 15) is 14.0 Å². The summed E-state index contributed by atoms with van der Waals surface area (Å²) in [7, 11) is 0. The maximum Gasteiger partial charge on any atom is 0.299 e. The molecule has 0 atom stereocenters. The van der Waals surface area contributed by atoms with Crippen LogP contribution in [-0.2, 0) is 4.79 Å². The first-order chi connectivity index (χ1) is 9.06. The van der Waals surface area contributed by atoms with E-state index in [1.54, 1.807) is 18.7 Å². The molecule has 0 radical (unpaired) electrons. The smallest absolute Gasteiger partial charge is 0.299 e. The molecule has 1 aromatic rings. The molecule has 102 valence electrons. The highest BCUT2D eigenvalue weighted by atomic mass is 32.2. The third-order valence-electron chi connectivity index (χ3n) is 3.09. The summed E-state index contributed by atoms with van der Waals surface area (Å²) in [5.74, 6) is 0.379. The predicted molar refractivity (Wildman–Crippen MR) is 75.4 cm³/mol. The Labute approximate surface area is 116 Å². The van der Waals surface area contributed by atoms with E-state index >= 15 is 0 Å².